The second-order valence-electron chi connectivity index (χ2n) is 4.20. The molecule has 1 aliphatic heterocycles. The SMILES string of the molecule is NS(=O)(=O)c1ccc(CNCC2CCC(=O)N2)o1. The Hall–Kier alpha value is -1.38. The average molecular weight is 273 g/mol. The maximum absolute atomic E-state index is 11.0. The average Bonchev–Trinajstić information content (AvgIpc) is 2.87. The highest BCUT2D eigenvalue weighted by Gasteiger charge is 2.20. The van der Waals surface area contributed by atoms with Gasteiger partial charge in [-0.2, -0.15) is 0 Å². The summed E-state index contributed by atoms with van der Waals surface area (Å²) in [6.45, 7) is 1.01. The first-order chi connectivity index (χ1) is 8.45. The van der Waals surface area contributed by atoms with Gasteiger partial charge in [0.2, 0.25) is 11.0 Å². The first-order valence-corrected chi connectivity index (χ1v) is 7.11. The van der Waals surface area contributed by atoms with Crippen LogP contribution >= 0.6 is 0 Å². The molecule has 2 heterocycles. The molecule has 18 heavy (non-hydrogen) atoms. The van der Waals surface area contributed by atoms with Crippen LogP contribution in [0.1, 0.15) is 18.6 Å². The van der Waals surface area contributed by atoms with Gasteiger partial charge in [0.05, 0.1) is 6.54 Å². The minimum Gasteiger partial charge on any atom is -0.447 e. The number of amides is 1. The number of sulfonamides is 1. The third kappa shape index (κ3) is 3.31. The van der Waals surface area contributed by atoms with Crippen molar-refractivity contribution in [3.8, 4) is 0 Å². The van der Waals surface area contributed by atoms with E-state index in [-0.39, 0.29) is 17.0 Å². The monoisotopic (exact) mass is 273 g/mol. The van der Waals surface area contributed by atoms with Crippen LogP contribution in [0.5, 0.6) is 0 Å². The number of nitrogens with two attached hydrogens (primary N) is 1. The second-order valence-corrected chi connectivity index (χ2v) is 5.69. The number of hydrogen-bond acceptors (Lipinski definition) is 5. The molecule has 0 aliphatic carbocycles. The van der Waals surface area contributed by atoms with Gasteiger partial charge in [0, 0.05) is 19.0 Å². The smallest absolute Gasteiger partial charge is 0.271 e. The molecule has 1 aromatic rings. The van der Waals surface area contributed by atoms with E-state index >= 15 is 0 Å². The zero-order valence-electron chi connectivity index (χ0n) is 9.68. The second kappa shape index (κ2) is 5.09. The molecule has 1 fully saturated rings. The molecule has 1 atom stereocenters. The number of hydrogen-bond donors (Lipinski definition) is 3. The van der Waals surface area contributed by atoms with E-state index in [2.05, 4.69) is 10.6 Å². The van der Waals surface area contributed by atoms with Gasteiger partial charge in [-0.15, -0.1) is 0 Å². The number of furan rings is 1. The van der Waals surface area contributed by atoms with Gasteiger partial charge >= 0.3 is 0 Å². The van der Waals surface area contributed by atoms with Crippen molar-refractivity contribution in [2.24, 2.45) is 5.14 Å². The minimum atomic E-state index is -3.78. The third-order valence-corrected chi connectivity index (χ3v) is 3.47. The lowest BCUT2D eigenvalue weighted by Gasteiger charge is -2.09. The van der Waals surface area contributed by atoms with E-state index in [1.54, 1.807) is 6.07 Å². The van der Waals surface area contributed by atoms with Crippen LogP contribution in [0.2, 0.25) is 0 Å². The molecule has 2 rings (SSSR count). The molecule has 0 spiro atoms. The summed E-state index contributed by atoms with van der Waals surface area (Å²) in [5, 5.41) is 10.6. The van der Waals surface area contributed by atoms with Crippen LogP contribution in [0.15, 0.2) is 21.6 Å². The quantitative estimate of drug-likeness (QED) is 0.656. The van der Waals surface area contributed by atoms with Crippen LogP contribution < -0.4 is 15.8 Å². The Morgan fingerprint density at radius 1 is 1.50 bits per heavy atom. The van der Waals surface area contributed by atoms with Crippen molar-refractivity contribution in [3.05, 3.63) is 17.9 Å². The predicted molar refractivity (Wildman–Crippen MR) is 63.0 cm³/mol. The Labute approximate surface area is 105 Å². The van der Waals surface area contributed by atoms with Crippen molar-refractivity contribution in [1.29, 1.82) is 0 Å². The summed E-state index contributed by atoms with van der Waals surface area (Å²) < 4.78 is 27.0. The molecular weight excluding hydrogens is 258 g/mol. The molecule has 1 amide bonds. The number of carbonyl (C=O) groups is 1. The fourth-order valence-electron chi connectivity index (χ4n) is 1.81. The van der Waals surface area contributed by atoms with Crippen molar-refractivity contribution >= 4 is 15.9 Å². The standard InChI is InChI=1S/C10H15N3O4S/c11-18(15,16)10-4-2-8(17-10)6-12-5-7-1-3-9(14)13-7/h2,4,7,12H,1,3,5-6H2,(H,13,14)(H2,11,15,16). The maximum Gasteiger partial charge on any atom is 0.271 e. The van der Waals surface area contributed by atoms with Gasteiger partial charge < -0.3 is 15.1 Å². The molecule has 0 saturated carbocycles. The fourth-order valence-corrected chi connectivity index (χ4v) is 2.29. The summed E-state index contributed by atoms with van der Waals surface area (Å²) in [7, 11) is -3.78. The van der Waals surface area contributed by atoms with Crippen LogP contribution in [0.3, 0.4) is 0 Å². The van der Waals surface area contributed by atoms with Crippen LogP contribution in [-0.2, 0) is 21.4 Å². The van der Waals surface area contributed by atoms with E-state index in [0.717, 1.165) is 6.42 Å². The third-order valence-electron chi connectivity index (χ3n) is 2.69. The molecule has 1 aliphatic rings. The van der Waals surface area contributed by atoms with Crippen molar-refractivity contribution in [1.82, 2.24) is 10.6 Å². The van der Waals surface area contributed by atoms with Gasteiger partial charge in [0.15, 0.2) is 0 Å². The van der Waals surface area contributed by atoms with Crippen molar-refractivity contribution in [2.75, 3.05) is 6.54 Å². The number of primary sulfonamides is 1. The maximum atomic E-state index is 11.0. The lowest BCUT2D eigenvalue weighted by atomic mass is 10.2. The lowest BCUT2D eigenvalue weighted by Crippen LogP contribution is -2.35. The van der Waals surface area contributed by atoms with E-state index in [9.17, 15) is 13.2 Å². The molecule has 4 N–H and O–H groups in total. The topological polar surface area (TPSA) is 114 Å². The zero-order chi connectivity index (χ0) is 13.2. The normalized spacial score (nSPS) is 20.1. The molecule has 1 saturated heterocycles. The molecule has 100 valence electrons. The van der Waals surface area contributed by atoms with Crippen LogP contribution in [0, 0.1) is 0 Å². The summed E-state index contributed by atoms with van der Waals surface area (Å²) in [5.74, 6) is 0.555. The highest BCUT2D eigenvalue weighted by atomic mass is 32.2. The molecule has 0 aromatic carbocycles. The lowest BCUT2D eigenvalue weighted by molar-refractivity contribution is -0.119. The zero-order valence-corrected chi connectivity index (χ0v) is 10.5. The molecule has 1 aromatic heterocycles. The van der Waals surface area contributed by atoms with E-state index in [1.165, 1.54) is 6.07 Å². The summed E-state index contributed by atoms with van der Waals surface area (Å²) in [5.41, 5.74) is 0. The predicted octanol–water partition coefficient (Wildman–Crippen LogP) is -0.705. The first kappa shape index (κ1) is 13.1. The number of rotatable bonds is 5. The fraction of sp³-hybridized carbons (Fsp3) is 0.500. The summed E-state index contributed by atoms with van der Waals surface area (Å²) in [4.78, 5) is 11.0. The van der Waals surface area contributed by atoms with Crippen molar-refractivity contribution in [3.63, 3.8) is 0 Å². The van der Waals surface area contributed by atoms with Crippen molar-refractivity contribution < 1.29 is 17.6 Å². The van der Waals surface area contributed by atoms with E-state index in [4.69, 9.17) is 9.56 Å². The minimum absolute atomic E-state index is 0.0660. The Morgan fingerprint density at radius 2 is 2.28 bits per heavy atom. The highest BCUT2D eigenvalue weighted by Crippen LogP contribution is 2.12. The van der Waals surface area contributed by atoms with E-state index < -0.39 is 10.0 Å². The van der Waals surface area contributed by atoms with E-state index in [1.807, 2.05) is 0 Å². The highest BCUT2D eigenvalue weighted by molar-refractivity contribution is 7.89. The summed E-state index contributed by atoms with van der Waals surface area (Å²) in [6, 6.07) is 3.01. The molecule has 0 bridgehead atoms. The van der Waals surface area contributed by atoms with Gasteiger partial charge in [-0.3, -0.25) is 4.79 Å². The first-order valence-electron chi connectivity index (χ1n) is 5.57. The van der Waals surface area contributed by atoms with Crippen LogP contribution in [-0.4, -0.2) is 26.9 Å². The Morgan fingerprint density at radius 3 is 2.83 bits per heavy atom. The van der Waals surface area contributed by atoms with Gasteiger partial charge in [-0.25, -0.2) is 13.6 Å². The number of carbonyl (C=O) groups excluding carboxylic acids is 1. The molecular formula is C10H15N3O4S. The summed E-state index contributed by atoms with van der Waals surface area (Å²) in [6.07, 6.45) is 1.37. The molecule has 1 unspecified atom stereocenters. The van der Waals surface area contributed by atoms with Gasteiger partial charge in [-0.1, -0.05) is 0 Å². The van der Waals surface area contributed by atoms with E-state index in [0.29, 0.717) is 25.3 Å². The van der Waals surface area contributed by atoms with Gasteiger partial charge in [-0.05, 0) is 18.6 Å². The van der Waals surface area contributed by atoms with Gasteiger partial charge in [0.1, 0.15) is 5.76 Å². The van der Waals surface area contributed by atoms with Crippen LogP contribution in [0.4, 0.5) is 0 Å². The van der Waals surface area contributed by atoms with Crippen LogP contribution in [0.25, 0.3) is 0 Å². The Balaban J connectivity index is 1.80. The number of nitrogens with one attached hydrogen (secondary N) is 2. The Bertz CT molecular complexity index is 537. The van der Waals surface area contributed by atoms with Crippen molar-refractivity contribution in [2.45, 2.75) is 30.5 Å². The van der Waals surface area contributed by atoms with Gasteiger partial charge in [0.25, 0.3) is 10.0 Å². The molecule has 8 heteroatoms. The largest absolute Gasteiger partial charge is 0.447 e. The Kier molecular flexibility index (Phi) is 3.69. The molecule has 7 nitrogen and oxygen atoms in total. The molecule has 0 radical (unpaired) electrons. The summed E-state index contributed by atoms with van der Waals surface area (Å²) >= 11 is 0.